The number of fused-ring (bicyclic) bond motifs is 3. The molecule has 4 rings (SSSR count). The summed E-state index contributed by atoms with van der Waals surface area (Å²) in [5, 5.41) is 4.93. The van der Waals surface area contributed by atoms with Gasteiger partial charge in [-0.25, -0.2) is 0 Å². The first-order chi connectivity index (χ1) is 10.4. The summed E-state index contributed by atoms with van der Waals surface area (Å²) in [6.07, 6.45) is 1.06. The summed E-state index contributed by atoms with van der Waals surface area (Å²) in [5.41, 5.74) is 5.18. The number of H-pyrrole nitrogens is 1. The number of aromatic amines is 1. The second kappa shape index (κ2) is 4.93. The topological polar surface area (TPSA) is 37.0 Å². The van der Waals surface area contributed by atoms with Crippen LogP contribution in [0.2, 0.25) is 0 Å². The Labute approximate surface area is 123 Å². The molecule has 0 bridgehead atoms. The normalized spacial score (nSPS) is 17.7. The Hall–Kier alpha value is -2.26. The first-order valence-electron chi connectivity index (χ1n) is 7.33. The van der Waals surface area contributed by atoms with Gasteiger partial charge in [0.25, 0.3) is 0 Å². The van der Waals surface area contributed by atoms with Crippen LogP contribution in [0.4, 0.5) is 0 Å². The van der Waals surface area contributed by atoms with E-state index in [-0.39, 0.29) is 6.04 Å². The monoisotopic (exact) mass is 278 g/mol. The summed E-state index contributed by atoms with van der Waals surface area (Å²) in [7, 11) is 1.71. The maximum absolute atomic E-state index is 5.33. The Morgan fingerprint density at radius 3 is 2.76 bits per heavy atom. The third-order valence-corrected chi connectivity index (χ3v) is 4.29. The van der Waals surface area contributed by atoms with E-state index in [9.17, 15) is 0 Å². The van der Waals surface area contributed by atoms with E-state index in [0.29, 0.717) is 0 Å². The number of hydrogen-bond donors (Lipinski definition) is 2. The van der Waals surface area contributed by atoms with Crippen LogP contribution in [0.5, 0.6) is 5.75 Å². The molecule has 0 fully saturated rings. The summed E-state index contributed by atoms with van der Waals surface area (Å²) >= 11 is 0. The zero-order chi connectivity index (χ0) is 14.2. The van der Waals surface area contributed by atoms with E-state index in [0.717, 1.165) is 24.2 Å². The van der Waals surface area contributed by atoms with Gasteiger partial charge in [0.2, 0.25) is 0 Å². The molecule has 21 heavy (non-hydrogen) atoms. The van der Waals surface area contributed by atoms with E-state index in [2.05, 4.69) is 52.8 Å². The van der Waals surface area contributed by atoms with E-state index >= 15 is 0 Å². The van der Waals surface area contributed by atoms with Crippen LogP contribution in [0.25, 0.3) is 10.9 Å². The number of aromatic nitrogens is 1. The standard InChI is InChI=1S/C18H18N2O/c1-21-13-7-8-14-15-9-10-19-17(12-5-3-2-4-6-12)18(15)20-16(14)11-13/h2-8,11,17,19-20H,9-10H2,1H3. The third kappa shape index (κ3) is 2.01. The smallest absolute Gasteiger partial charge is 0.120 e. The molecular formula is C18H18N2O. The highest BCUT2D eigenvalue weighted by Crippen LogP contribution is 2.34. The van der Waals surface area contributed by atoms with Gasteiger partial charge in [-0.05, 0) is 29.7 Å². The lowest BCUT2D eigenvalue weighted by molar-refractivity contribution is 0.415. The van der Waals surface area contributed by atoms with Gasteiger partial charge in [0.1, 0.15) is 5.75 Å². The lowest BCUT2D eigenvalue weighted by Gasteiger charge is -2.24. The number of rotatable bonds is 2. The molecule has 2 aromatic carbocycles. The molecule has 0 spiro atoms. The lowest BCUT2D eigenvalue weighted by atomic mass is 9.94. The van der Waals surface area contributed by atoms with Crippen molar-refractivity contribution >= 4 is 10.9 Å². The molecule has 0 radical (unpaired) electrons. The van der Waals surface area contributed by atoms with Crippen LogP contribution < -0.4 is 10.1 Å². The van der Waals surface area contributed by atoms with E-state index in [1.54, 1.807) is 7.11 Å². The fraction of sp³-hybridized carbons (Fsp3) is 0.222. The van der Waals surface area contributed by atoms with Crippen molar-refractivity contribution in [2.45, 2.75) is 12.5 Å². The van der Waals surface area contributed by atoms with Gasteiger partial charge in [0, 0.05) is 29.2 Å². The van der Waals surface area contributed by atoms with Crippen molar-refractivity contribution in [3.05, 3.63) is 65.4 Å². The fourth-order valence-corrected chi connectivity index (χ4v) is 3.27. The molecule has 2 heterocycles. The van der Waals surface area contributed by atoms with Gasteiger partial charge >= 0.3 is 0 Å². The van der Waals surface area contributed by atoms with Crippen molar-refractivity contribution in [1.29, 1.82) is 0 Å². The molecule has 1 aromatic heterocycles. The minimum atomic E-state index is 0.244. The second-order valence-corrected chi connectivity index (χ2v) is 5.48. The average Bonchev–Trinajstić information content (AvgIpc) is 2.93. The summed E-state index contributed by atoms with van der Waals surface area (Å²) in [4.78, 5) is 3.60. The molecule has 3 aromatic rings. The molecule has 1 atom stereocenters. The van der Waals surface area contributed by atoms with Crippen molar-refractivity contribution in [3.8, 4) is 5.75 Å². The van der Waals surface area contributed by atoms with Gasteiger partial charge < -0.3 is 15.0 Å². The van der Waals surface area contributed by atoms with Crippen LogP contribution in [0.15, 0.2) is 48.5 Å². The van der Waals surface area contributed by atoms with Crippen molar-refractivity contribution in [1.82, 2.24) is 10.3 Å². The summed E-state index contributed by atoms with van der Waals surface area (Å²) in [6, 6.07) is 17.1. The summed E-state index contributed by atoms with van der Waals surface area (Å²) in [6.45, 7) is 1.01. The molecule has 0 aliphatic carbocycles. The Morgan fingerprint density at radius 2 is 1.95 bits per heavy atom. The minimum absolute atomic E-state index is 0.244. The number of methoxy groups -OCH3 is 1. The first kappa shape index (κ1) is 12.5. The highest BCUT2D eigenvalue weighted by atomic mass is 16.5. The van der Waals surface area contributed by atoms with Crippen molar-refractivity contribution < 1.29 is 4.74 Å². The Balaban J connectivity index is 1.88. The molecule has 3 heteroatoms. The molecule has 0 saturated heterocycles. The molecule has 1 aliphatic heterocycles. The first-order valence-corrected chi connectivity index (χ1v) is 7.33. The molecule has 0 amide bonds. The highest BCUT2D eigenvalue weighted by molar-refractivity contribution is 5.86. The van der Waals surface area contributed by atoms with Crippen LogP contribution >= 0.6 is 0 Å². The van der Waals surface area contributed by atoms with E-state index < -0.39 is 0 Å². The van der Waals surface area contributed by atoms with Crippen molar-refractivity contribution in [2.24, 2.45) is 0 Å². The zero-order valence-corrected chi connectivity index (χ0v) is 12.0. The SMILES string of the molecule is COc1ccc2c3c([nH]c2c1)C(c1ccccc1)NCC3. The Morgan fingerprint density at radius 1 is 1.10 bits per heavy atom. The number of hydrogen-bond acceptors (Lipinski definition) is 2. The third-order valence-electron chi connectivity index (χ3n) is 4.29. The van der Waals surface area contributed by atoms with Gasteiger partial charge in [-0.3, -0.25) is 0 Å². The number of benzene rings is 2. The van der Waals surface area contributed by atoms with Gasteiger partial charge in [-0.2, -0.15) is 0 Å². The largest absolute Gasteiger partial charge is 0.497 e. The quantitative estimate of drug-likeness (QED) is 0.753. The van der Waals surface area contributed by atoms with Crippen molar-refractivity contribution in [2.75, 3.05) is 13.7 Å². The number of nitrogens with one attached hydrogen (secondary N) is 2. The van der Waals surface area contributed by atoms with Crippen molar-refractivity contribution in [3.63, 3.8) is 0 Å². The Kier molecular flexibility index (Phi) is 2.93. The van der Waals surface area contributed by atoms with Gasteiger partial charge in [0.05, 0.1) is 13.2 Å². The lowest BCUT2D eigenvalue weighted by Crippen LogP contribution is -2.30. The van der Waals surface area contributed by atoms with E-state index in [1.165, 1.54) is 22.2 Å². The fourth-order valence-electron chi connectivity index (χ4n) is 3.27. The van der Waals surface area contributed by atoms with Crippen LogP contribution in [-0.4, -0.2) is 18.6 Å². The molecule has 0 saturated carbocycles. The molecule has 3 nitrogen and oxygen atoms in total. The van der Waals surface area contributed by atoms with Gasteiger partial charge in [-0.15, -0.1) is 0 Å². The maximum atomic E-state index is 5.33. The number of ether oxygens (including phenoxy) is 1. The van der Waals surface area contributed by atoms with Crippen LogP contribution in [0.1, 0.15) is 22.9 Å². The predicted octanol–water partition coefficient (Wildman–Crippen LogP) is 3.41. The molecule has 2 N–H and O–H groups in total. The van der Waals surface area contributed by atoms with E-state index in [4.69, 9.17) is 4.74 Å². The minimum Gasteiger partial charge on any atom is -0.497 e. The van der Waals surface area contributed by atoms with Gasteiger partial charge in [-0.1, -0.05) is 30.3 Å². The molecular weight excluding hydrogens is 260 g/mol. The summed E-state index contributed by atoms with van der Waals surface area (Å²) < 4.78 is 5.33. The maximum Gasteiger partial charge on any atom is 0.120 e. The summed E-state index contributed by atoms with van der Waals surface area (Å²) in [5.74, 6) is 0.894. The van der Waals surface area contributed by atoms with Crippen LogP contribution in [-0.2, 0) is 6.42 Å². The average molecular weight is 278 g/mol. The molecule has 1 aliphatic rings. The highest BCUT2D eigenvalue weighted by Gasteiger charge is 2.24. The van der Waals surface area contributed by atoms with E-state index in [1.807, 2.05) is 6.07 Å². The Bertz CT molecular complexity index is 777. The zero-order valence-electron chi connectivity index (χ0n) is 12.0. The van der Waals surface area contributed by atoms with Crippen LogP contribution in [0, 0.1) is 0 Å². The predicted molar refractivity (Wildman–Crippen MR) is 84.8 cm³/mol. The van der Waals surface area contributed by atoms with Gasteiger partial charge in [0.15, 0.2) is 0 Å². The second-order valence-electron chi connectivity index (χ2n) is 5.48. The van der Waals surface area contributed by atoms with Crippen LogP contribution in [0.3, 0.4) is 0 Å². The molecule has 106 valence electrons. The molecule has 1 unspecified atom stereocenters.